The highest BCUT2D eigenvalue weighted by molar-refractivity contribution is 5.65. The van der Waals surface area contributed by atoms with Gasteiger partial charge in [0.05, 0.1) is 0 Å². The third-order valence-electron chi connectivity index (χ3n) is 2.47. The molecule has 0 aromatic rings. The second-order valence-corrected chi connectivity index (χ2v) is 3.52. The van der Waals surface area contributed by atoms with Crippen LogP contribution in [0, 0.1) is 0 Å². The summed E-state index contributed by atoms with van der Waals surface area (Å²) in [6.07, 6.45) is -6.46. The molecule has 2 atom stereocenters. The quantitative estimate of drug-likeness (QED) is 0.720. The van der Waals surface area contributed by atoms with Gasteiger partial charge in [-0.25, -0.2) is 18.0 Å². The number of carbonyl (C=O) groups is 1. The molecule has 1 fully saturated rings. The lowest BCUT2D eigenvalue weighted by Gasteiger charge is -2.39. The Kier molecular flexibility index (Phi) is 3.78. The van der Waals surface area contributed by atoms with E-state index in [2.05, 4.69) is 0 Å². The van der Waals surface area contributed by atoms with Crippen molar-refractivity contribution in [2.75, 3.05) is 19.6 Å². The highest BCUT2D eigenvalue weighted by Crippen LogP contribution is 2.18. The lowest BCUT2D eigenvalue weighted by molar-refractivity contribution is -0.0828. The number of alkyl halides is 3. The summed E-state index contributed by atoms with van der Waals surface area (Å²) in [5, 5.41) is 8.66. The standard InChI is InChI=1S/C8H13F3N2O2/c1-5-4-12(8(14)15)2-3-13(5)7(11)6(9)10/h5-7H,2-4H2,1H3,(H,14,15). The molecule has 1 heterocycles. The largest absolute Gasteiger partial charge is 0.465 e. The number of rotatable bonds is 2. The van der Waals surface area contributed by atoms with Gasteiger partial charge in [0.1, 0.15) is 0 Å². The molecule has 7 heteroatoms. The predicted octanol–water partition coefficient (Wildman–Crippen LogP) is 1.23. The molecule has 0 aromatic carbocycles. The normalized spacial score (nSPS) is 25.7. The highest BCUT2D eigenvalue weighted by atomic mass is 19.3. The van der Waals surface area contributed by atoms with Crippen LogP contribution in [0.4, 0.5) is 18.0 Å². The first kappa shape index (κ1) is 12.1. The van der Waals surface area contributed by atoms with Crippen LogP contribution in [0.3, 0.4) is 0 Å². The van der Waals surface area contributed by atoms with E-state index < -0.39 is 24.9 Å². The van der Waals surface area contributed by atoms with Crippen LogP contribution in [0.1, 0.15) is 6.92 Å². The Hall–Kier alpha value is -0.980. The summed E-state index contributed by atoms with van der Waals surface area (Å²) in [4.78, 5) is 12.7. The second-order valence-electron chi connectivity index (χ2n) is 3.52. The van der Waals surface area contributed by atoms with E-state index in [0.29, 0.717) is 0 Å². The van der Waals surface area contributed by atoms with Crippen LogP contribution in [0.5, 0.6) is 0 Å². The zero-order valence-corrected chi connectivity index (χ0v) is 8.24. The van der Waals surface area contributed by atoms with Crippen LogP contribution >= 0.6 is 0 Å². The minimum Gasteiger partial charge on any atom is -0.465 e. The zero-order chi connectivity index (χ0) is 11.6. The molecule has 0 radical (unpaired) electrons. The zero-order valence-electron chi connectivity index (χ0n) is 8.24. The number of amides is 1. The number of hydrogen-bond donors (Lipinski definition) is 1. The SMILES string of the molecule is CC1CN(C(=O)O)CCN1C(F)C(F)F. The molecule has 2 unspecified atom stereocenters. The molecule has 1 N–H and O–H groups in total. The second kappa shape index (κ2) is 4.69. The van der Waals surface area contributed by atoms with Crippen molar-refractivity contribution in [3.63, 3.8) is 0 Å². The van der Waals surface area contributed by atoms with Gasteiger partial charge in [-0.2, -0.15) is 0 Å². The van der Waals surface area contributed by atoms with Crippen molar-refractivity contribution in [3.05, 3.63) is 0 Å². The van der Waals surface area contributed by atoms with Crippen molar-refractivity contribution in [1.29, 1.82) is 0 Å². The molecule has 0 bridgehead atoms. The molecule has 1 saturated heterocycles. The van der Waals surface area contributed by atoms with E-state index >= 15 is 0 Å². The lowest BCUT2D eigenvalue weighted by Crippen LogP contribution is -2.56. The summed E-state index contributed by atoms with van der Waals surface area (Å²) in [6.45, 7) is 1.65. The molecule has 4 nitrogen and oxygen atoms in total. The number of halogens is 3. The van der Waals surface area contributed by atoms with E-state index in [1.54, 1.807) is 0 Å². The summed E-state index contributed by atoms with van der Waals surface area (Å²) in [7, 11) is 0. The van der Waals surface area contributed by atoms with E-state index in [1.165, 1.54) is 6.92 Å². The lowest BCUT2D eigenvalue weighted by atomic mass is 10.2. The van der Waals surface area contributed by atoms with Gasteiger partial charge in [-0.1, -0.05) is 0 Å². The van der Waals surface area contributed by atoms with Gasteiger partial charge in [0.25, 0.3) is 6.43 Å². The van der Waals surface area contributed by atoms with Crippen LogP contribution < -0.4 is 0 Å². The molecular weight excluding hydrogens is 213 g/mol. The van der Waals surface area contributed by atoms with Gasteiger partial charge >= 0.3 is 6.09 Å². The van der Waals surface area contributed by atoms with E-state index in [-0.39, 0.29) is 19.6 Å². The fourth-order valence-corrected chi connectivity index (χ4v) is 1.66. The van der Waals surface area contributed by atoms with Gasteiger partial charge in [0.2, 0.25) is 6.30 Å². The Morgan fingerprint density at radius 1 is 1.40 bits per heavy atom. The summed E-state index contributed by atoms with van der Waals surface area (Å²) < 4.78 is 37.2. The van der Waals surface area contributed by atoms with E-state index in [4.69, 9.17) is 5.11 Å². The molecule has 88 valence electrons. The molecule has 1 amide bonds. The number of nitrogens with zero attached hydrogens (tertiary/aromatic N) is 2. The average molecular weight is 226 g/mol. The summed E-state index contributed by atoms with van der Waals surface area (Å²) in [6, 6.07) is -0.529. The van der Waals surface area contributed by atoms with Crippen molar-refractivity contribution >= 4 is 6.09 Å². The van der Waals surface area contributed by atoms with Gasteiger partial charge in [0, 0.05) is 25.7 Å². The Balaban J connectivity index is 2.56. The fraction of sp³-hybridized carbons (Fsp3) is 0.875. The highest BCUT2D eigenvalue weighted by Gasteiger charge is 2.35. The Labute approximate surface area is 85.3 Å². The molecule has 0 aromatic heterocycles. The van der Waals surface area contributed by atoms with E-state index in [0.717, 1.165) is 9.80 Å². The van der Waals surface area contributed by atoms with E-state index in [1.807, 2.05) is 0 Å². The Bertz CT molecular complexity index is 240. The first-order valence-electron chi connectivity index (χ1n) is 4.59. The summed E-state index contributed by atoms with van der Waals surface area (Å²) in [5.41, 5.74) is 0. The van der Waals surface area contributed by atoms with Crippen molar-refractivity contribution in [3.8, 4) is 0 Å². The van der Waals surface area contributed by atoms with Gasteiger partial charge < -0.3 is 10.0 Å². The molecule has 1 aliphatic rings. The molecule has 0 spiro atoms. The third-order valence-corrected chi connectivity index (χ3v) is 2.47. The summed E-state index contributed by atoms with van der Waals surface area (Å²) in [5.74, 6) is 0. The smallest absolute Gasteiger partial charge is 0.407 e. The van der Waals surface area contributed by atoms with Crippen molar-refractivity contribution in [2.24, 2.45) is 0 Å². The molecule has 1 rings (SSSR count). The van der Waals surface area contributed by atoms with Crippen molar-refractivity contribution in [1.82, 2.24) is 9.80 Å². The fourth-order valence-electron chi connectivity index (χ4n) is 1.66. The maximum absolute atomic E-state index is 13.0. The van der Waals surface area contributed by atoms with Gasteiger partial charge in [-0.05, 0) is 6.92 Å². The van der Waals surface area contributed by atoms with Gasteiger partial charge in [0.15, 0.2) is 0 Å². The van der Waals surface area contributed by atoms with Crippen LogP contribution in [-0.2, 0) is 0 Å². The first-order valence-corrected chi connectivity index (χ1v) is 4.59. The number of carboxylic acid groups (broad SMARTS) is 1. The van der Waals surface area contributed by atoms with Crippen LogP contribution in [-0.4, -0.2) is 59.4 Å². The molecular formula is C8H13F3N2O2. The predicted molar refractivity (Wildman–Crippen MR) is 46.7 cm³/mol. The minimum absolute atomic E-state index is 0.00102. The minimum atomic E-state index is -3.05. The number of hydrogen-bond acceptors (Lipinski definition) is 2. The van der Waals surface area contributed by atoms with Crippen molar-refractivity contribution in [2.45, 2.75) is 25.7 Å². The Morgan fingerprint density at radius 3 is 2.40 bits per heavy atom. The first-order chi connectivity index (χ1) is 6.93. The Morgan fingerprint density at radius 2 is 2.00 bits per heavy atom. The topological polar surface area (TPSA) is 43.8 Å². The maximum Gasteiger partial charge on any atom is 0.407 e. The summed E-state index contributed by atoms with van der Waals surface area (Å²) >= 11 is 0. The molecule has 0 aliphatic carbocycles. The van der Waals surface area contributed by atoms with Crippen LogP contribution in [0.25, 0.3) is 0 Å². The third kappa shape index (κ3) is 2.74. The maximum atomic E-state index is 13.0. The average Bonchev–Trinajstić information content (AvgIpc) is 2.16. The van der Waals surface area contributed by atoms with Crippen molar-refractivity contribution < 1.29 is 23.1 Å². The number of piperazine rings is 1. The van der Waals surface area contributed by atoms with Crippen LogP contribution in [0.2, 0.25) is 0 Å². The molecule has 15 heavy (non-hydrogen) atoms. The van der Waals surface area contributed by atoms with Gasteiger partial charge in [-0.3, -0.25) is 4.90 Å². The van der Waals surface area contributed by atoms with Gasteiger partial charge in [-0.15, -0.1) is 0 Å². The van der Waals surface area contributed by atoms with E-state index in [9.17, 15) is 18.0 Å². The van der Waals surface area contributed by atoms with Crippen LogP contribution in [0.15, 0.2) is 0 Å². The molecule has 1 aliphatic heterocycles. The monoisotopic (exact) mass is 226 g/mol. The molecule has 0 saturated carbocycles.